The number of carbonyl (C=O) groups is 1. The minimum atomic E-state index is -3.48. The number of nitrogens with one attached hydrogen (secondary N) is 1. The lowest BCUT2D eigenvalue weighted by Crippen LogP contribution is -2.43. The van der Waals surface area contributed by atoms with Crippen LogP contribution in [0.4, 0.5) is 5.69 Å². The molecule has 1 aliphatic heterocycles. The van der Waals surface area contributed by atoms with Crippen LogP contribution in [0.2, 0.25) is 0 Å². The molecule has 1 aliphatic rings. The molecule has 0 aromatic heterocycles. The SMILES string of the molecule is CCC1CCCCN1S(=O)(=O)c1ccc(NC(=O)C(C)(C)C)cc1. The minimum Gasteiger partial charge on any atom is -0.326 e. The Morgan fingerprint density at radius 3 is 2.38 bits per heavy atom. The second kappa shape index (κ2) is 7.23. The smallest absolute Gasteiger partial charge is 0.243 e. The maximum atomic E-state index is 12.9. The molecule has 0 radical (unpaired) electrons. The fourth-order valence-corrected chi connectivity index (χ4v) is 4.63. The number of hydrogen-bond acceptors (Lipinski definition) is 3. The van der Waals surface area contributed by atoms with Gasteiger partial charge in [0.25, 0.3) is 0 Å². The van der Waals surface area contributed by atoms with Gasteiger partial charge >= 0.3 is 0 Å². The van der Waals surface area contributed by atoms with Gasteiger partial charge in [0.1, 0.15) is 0 Å². The van der Waals surface area contributed by atoms with Gasteiger partial charge in [-0.1, -0.05) is 34.1 Å². The summed E-state index contributed by atoms with van der Waals surface area (Å²) in [5, 5.41) is 2.81. The largest absolute Gasteiger partial charge is 0.326 e. The fraction of sp³-hybridized carbons (Fsp3) is 0.611. The first kappa shape index (κ1) is 18.9. The zero-order valence-corrected chi connectivity index (χ0v) is 15.8. The summed E-state index contributed by atoms with van der Waals surface area (Å²) in [7, 11) is -3.48. The van der Waals surface area contributed by atoms with Crippen molar-refractivity contribution in [2.24, 2.45) is 5.41 Å². The van der Waals surface area contributed by atoms with Crippen molar-refractivity contribution in [1.82, 2.24) is 4.31 Å². The van der Waals surface area contributed by atoms with Gasteiger partial charge in [-0.05, 0) is 43.5 Å². The molecule has 1 unspecified atom stereocenters. The van der Waals surface area contributed by atoms with Crippen molar-refractivity contribution in [2.45, 2.75) is 64.3 Å². The Labute approximate surface area is 145 Å². The molecule has 0 saturated carbocycles. The number of anilines is 1. The average molecular weight is 353 g/mol. The second-order valence-electron chi connectivity index (χ2n) is 7.40. The molecule has 1 atom stereocenters. The maximum absolute atomic E-state index is 12.9. The third-order valence-electron chi connectivity index (χ3n) is 4.44. The number of hydrogen-bond donors (Lipinski definition) is 1. The lowest BCUT2D eigenvalue weighted by Gasteiger charge is -2.34. The van der Waals surface area contributed by atoms with Crippen molar-refractivity contribution in [1.29, 1.82) is 0 Å². The zero-order valence-electron chi connectivity index (χ0n) is 15.0. The molecule has 5 nitrogen and oxygen atoms in total. The Hall–Kier alpha value is -1.40. The van der Waals surface area contributed by atoms with Gasteiger partial charge in [0, 0.05) is 23.7 Å². The molecular formula is C18H28N2O3S. The third kappa shape index (κ3) is 4.16. The second-order valence-corrected chi connectivity index (χ2v) is 9.29. The van der Waals surface area contributed by atoms with Crippen LogP contribution in [0.15, 0.2) is 29.2 Å². The van der Waals surface area contributed by atoms with Crippen LogP contribution in [0.1, 0.15) is 53.4 Å². The lowest BCUT2D eigenvalue weighted by atomic mass is 9.95. The summed E-state index contributed by atoms with van der Waals surface area (Å²) in [6.07, 6.45) is 3.76. The molecule has 1 aromatic rings. The van der Waals surface area contributed by atoms with Crippen LogP contribution in [0, 0.1) is 5.41 Å². The van der Waals surface area contributed by atoms with E-state index in [0.29, 0.717) is 12.2 Å². The Morgan fingerprint density at radius 1 is 1.21 bits per heavy atom. The molecule has 1 saturated heterocycles. The van der Waals surface area contributed by atoms with Crippen molar-refractivity contribution in [3.63, 3.8) is 0 Å². The summed E-state index contributed by atoms with van der Waals surface area (Å²) in [6.45, 7) is 8.13. The van der Waals surface area contributed by atoms with Gasteiger partial charge in [0.15, 0.2) is 0 Å². The zero-order chi connectivity index (χ0) is 18.0. The lowest BCUT2D eigenvalue weighted by molar-refractivity contribution is -0.123. The first-order valence-electron chi connectivity index (χ1n) is 8.59. The average Bonchev–Trinajstić information content (AvgIpc) is 2.54. The standard InChI is InChI=1S/C18H28N2O3S/c1-5-15-8-6-7-13-20(15)24(22,23)16-11-9-14(10-12-16)19-17(21)18(2,3)4/h9-12,15H,5-8,13H2,1-4H3,(H,19,21). The van der Waals surface area contributed by atoms with Crippen molar-refractivity contribution in [3.05, 3.63) is 24.3 Å². The van der Waals surface area contributed by atoms with E-state index >= 15 is 0 Å². The molecule has 134 valence electrons. The van der Waals surface area contributed by atoms with E-state index in [4.69, 9.17) is 0 Å². The predicted molar refractivity (Wildman–Crippen MR) is 96.3 cm³/mol. The summed E-state index contributed by atoms with van der Waals surface area (Å²) in [5.41, 5.74) is 0.118. The highest BCUT2D eigenvalue weighted by Crippen LogP contribution is 2.27. The van der Waals surface area contributed by atoms with E-state index in [2.05, 4.69) is 5.32 Å². The molecule has 1 N–H and O–H groups in total. The van der Waals surface area contributed by atoms with Gasteiger partial charge in [-0.2, -0.15) is 4.31 Å². The molecule has 24 heavy (non-hydrogen) atoms. The molecule has 6 heteroatoms. The van der Waals surface area contributed by atoms with E-state index in [-0.39, 0.29) is 16.8 Å². The Bertz CT molecular complexity index is 675. The van der Waals surface area contributed by atoms with Crippen LogP contribution < -0.4 is 5.32 Å². The van der Waals surface area contributed by atoms with E-state index < -0.39 is 15.4 Å². The van der Waals surface area contributed by atoms with Crippen molar-refractivity contribution in [3.8, 4) is 0 Å². The van der Waals surface area contributed by atoms with Crippen LogP contribution >= 0.6 is 0 Å². The summed E-state index contributed by atoms with van der Waals surface area (Å²) in [5.74, 6) is -0.0971. The Morgan fingerprint density at radius 2 is 1.83 bits per heavy atom. The number of nitrogens with zero attached hydrogens (tertiary/aromatic N) is 1. The highest BCUT2D eigenvalue weighted by Gasteiger charge is 2.32. The molecule has 0 bridgehead atoms. The van der Waals surface area contributed by atoms with Crippen LogP contribution in [0.3, 0.4) is 0 Å². The van der Waals surface area contributed by atoms with E-state index in [1.807, 2.05) is 27.7 Å². The molecule has 1 aromatic carbocycles. The Kier molecular flexibility index (Phi) is 5.71. The summed E-state index contributed by atoms with van der Waals surface area (Å²) < 4.78 is 27.4. The topological polar surface area (TPSA) is 66.5 Å². The van der Waals surface area contributed by atoms with Crippen LogP contribution in [-0.2, 0) is 14.8 Å². The minimum absolute atomic E-state index is 0.0871. The van der Waals surface area contributed by atoms with Crippen molar-refractivity contribution in [2.75, 3.05) is 11.9 Å². The van der Waals surface area contributed by atoms with Crippen LogP contribution in [-0.4, -0.2) is 31.2 Å². The molecule has 2 rings (SSSR count). The van der Waals surface area contributed by atoms with Gasteiger partial charge in [0.05, 0.1) is 4.90 Å². The van der Waals surface area contributed by atoms with E-state index in [1.54, 1.807) is 28.6 Å². The molecule has 0 spiro atoms. The van der Waals surface area contributed by atoms with Gasteiger partial charge in [-0.25, -0.2) is 8.42 Å². The van der Waals surface area contributed by atoms with E-state index in [1.165, 1.54) is 0 Å². The Balaban J connectivity index is 2.18. The van der Waals surface area contributed by atoms with Crippen LogP contribution in [0.25, 0.3) is 0 Å². The molecule has 1 amide bonds. The third-order valence-corrected chi connectivity index (χ3v) is 6.41. The number of sulfonamides is 1. The van der Waals surface area contributed by atoms with Gasteiger partial charge in [-0.3, -0.25) is 4.79 Å². The number of benzene rings is 1. The highest BCUT2D eigenvalue weighted by molar-refractivity contribution is 7.89. The van der Waals surface area contributed by atoms with Gasteiger partial charge < -0.3 is 5.32 Å². The number of carbonyl (C=O) groups excluding carboxylic acids is 1. The molecular weight excluding hydrogens is 324 g/mol. The van der Waals surface area contributed by atoms with E-state index in [9.17, 15) is 13.2 Å². The highest BCUT2D eigenvalue weighted by atomic mass is 32.2. The summed E-state index contributed by atoms with van der Waals surface area (Å²) in [6, 6.07) is 6.55. The summed E-state index contributed by atoms with van der Waals surface area (Å²) >= 11 is 0. The summed E-state index contributed by atoms with van der Waals surface area (Å²) in [4.78, 5) is 12.3. The predicted octanol–water partition coefficient (Wildman–Crippen LogP) is 3.62. The first-order chi connectivity index (χ1) is 11.2. The quantitative estimate of drug-likeness (QED) is 0.900. The van der Waals surface area contributed by atoms with Crippen molar-refractivity contribution >= 4 is 21.6 Å². The number of piperidine rings is 1. The fourth-order valence-electron chi connectivity index (χ4n) is 2.86. The molecule has 1 fully saturated rings. The van der Waals surface area contributed by atoms with Crippen molar-refractivity contribution < 1.29 is 13.2 Å². The first-order valence-corrected chi connectivity index (χ1v) is 10.0. The number of rotatable bonds is 4. The van der Waals surface area contributed by atoms with Crippen LogP contribution in [0.5, 0.6) is 0 Å². The van der Waals surface area contributed by atoms with E-state index in [0.717, 1.165) is 25.7 Å². The maximum Gasteiger partial charge on any atom is 0.243 e. The normalized spacial score (nSPS) is 19.9. The van der Waals surface area contributed by atoms with Gasteiger partial charge in [0.2, 0.25) is 15.9 Å². The van der Waals surface area contributed by atoms with Gasteiger partial charge in [-0.15, -0.1) is 0 Å². The number of amides is 1. The molecule has 1 heterocycles. The molecule has 0 aliphatic carbocycles. The monoisotopic (exact) mass is 352 g/mol.